The van der Waals surface area contributed by atoms with Crippen LogP contribution in [0.2, 0.25) is 0 Å². The van der Waals surface area contributed by atoms with E-state index in [2.05, 4.69) is 0 Å². The molecule has 0 aromatic heterocycles. The van der Waals surface area contributed by atoms with Gasteiger partial charge in [0.1, 0.15) is 23.1 Å². The molecule has 0 saturated carbocycles. The Balaban J connectivity index is 3.53. The largest absolute Gasteiger partial charge is 0.506 e. The number of hydrogen-bond donors (Lipinski definition) is 1. The van der Waals surface area contributed by atoms with Gasteiger partial charge in [0.15, 0.2) is 0 Å². The number of hydrogen-bond acceptors (Lipinski definition) is 3. The van der Waals surface area contributed by atoms with E-state index in [1.54, 1.807) is 13.0 Å². The van der Waals surface area contributed by atoms with Crippen LogP contribution in [0.5, 0.6) is 11.5 Å². The molecule has 3 heteroatoms. The lowest BCUT2D eigenvalue weighted by Crippen LogP contribution is -1.93. The van der Waals surface area contributed by atoms with Crippen LogP contribution >= 0.6 is 0 Å². The quantitative estimate of drug-likeness (QED) is 0.712. The third kappa shape index (κ3) is 1.43. The van der Waals surface area contributed by atoms with Crippen LogP contribution in [0, 0.1) is 25.2 Å². The van der Waals surface area contributed by atoms with Crippen molar-refractivity contribution in [1.29, 1.82) is 5.26 Å². The molecule has 1 aromatic rings. The van der Waals surface area contributed by atoms with E-state index >= 15 is 0 Å². The van der Waals surface area contributed by atoms with Gasteiger partial charge in [-0.1, -0.05) is 0 Å². The molecule has 0 atom stereocenters. The molecule has 0 bridgehead atoms. The average Bonchev–Trinajstić information content (AvgIpc) is 2.10. The number of rotatable bonds is 1. The zero-order chi connectivity index (χ0) is 10.0. The summed E-state index contributed by atoms with van der Waals surface area (Å²) in [5.41, 5.74) is 1.75. The molecule has 0 radical (unpaired) electrons. The molecule has 0 unspecified atom stereocenters. The second-order valence-corrected chi connectivity index (χ2v) is 2.88. The molecule has 13 heavy (non-hydrogen) atoms. The van der Waals surface area contributed by atoms with E-state index < -0.39 is 0 Å². The summed E-state index contributed by atoms with van der Waals surface area (Å²) in [5.74, 6) is 0.454. The highest BCUT2D eigenvalue weighted by Crippen LogP contribution is 2.33. The van der Waals surface area contributed by atoms with E-state index in [0.717, 1.165) is 5.56 Å². The highest BCUT2D eigenvalue weighted by molar-refractivity contribution is 5.59. The fourth-order valence-corrected chi connectivity index (χ4v) is 1.33. The van der Waals surface area contributed by atoms with Gasteiger partial charge in [-0.15, -0.1) is 0 Å². The molecular weight excluding hydrogens is 166 g/mol. The van der Waals surface area contributed by atoms with Crippen molar-refractivity contribution in [1.82, 2.24) is 0 Å². The molecule has 3 nitrogen and oxygen atoms in total. The first-order valence-electron chi connectivity index (χ1n) is 3.89. The smallest absolute Gasteiger partial charge is 0.143 e. The molecule has 0 aliphatic heterocycles. The zero-order valence-electron chi connectivity index (χ0n) is 7.88. The van der Waals surface area contributed by atoms with Crippen LogP contribution in [0.25, 0.3) is 0 Å². The summed E-state index contributed by atoms with van der Waals surface area (Å²) >= 11 is 0. The third-order valence-corrected chi connectivity index (χ3v) is 1.94. The van der Waals surface area contributed by atoms with Crippen molar-refractivity contribution >= 4 is 0 Å². The van der Waals surface area contributed by atoms with Crippen LogP contribution in [-0.4, -0.2) is 12.2 Å². The van der Waals surface area contributed by atoms with E-state index in [1.165, 1.54) is 7.11 Å². The van der Waals surface area contributed by atoms with Crippen molar-refractivity contribution in [2.75, 3.05) is 7.11 Å². The van der Waals surface area contributed by atoms with Crippen LogP contribution in [0.3, 0.4) is 0 Å². The third-order valence-electron chi connectivity index (χ3n) is 1.94. The van der Waals surface area contributed by atoms with E-state index in [1.807, 2.05) is 13.0 Å². The molecule has 1 rings (SSSR count). The zero-order valence-corrected chi connectivity index (χ0v) is 7.88. The summed E-state index contributed by atoms with van der Waals surface area (Å²) < 4.78 is 5.02. The van der Waals surface area contributed by atoms with Gasteiger partial charge in [0.25, 0.3) is 0 Å². The van der Waals surface area contributed by atoms with Crippen LogP contribution in [0.1, 0.15) is 16.7 Å². The Morgan fingerprint density at radius 2 is 2.00 bits per heavy atom. The van der Waals surface area contributed by atoms with Gasteiger partial charge in [0.05, 0.1) is 7.11 Å². The molecule has 0 amide bonds. The molecule has 1 aromatic carbocycles. The number of ether oxygens (including phenoxy) is 1. The SMILES string of the molecule is COc1c(C)cc(C)c(O)c1C#N. The van der Waals surface area contributed by atoms with E-state index in [-0.39, 0.29) is 11.3 Å². The maximum absolute atomic E-state index is 9.53. The fraction of sp³-hybridized carbons (Fsp3) is 0.300. The number of nitriles is 1. The van der Waals surface area contributed by atoms with Gasteiger partial charge >= 0.3 is 0 Å². The Kier molecular flexibility index (Phi) is 2.43. The van der Waals surface area contributed by atoms with Crippen molar-refractivity contribution in [2.45, 2.75) is 13.8 Å². The Morgan fingerprint density at radius 1 is 1.38 bits per heavy atom. The van der Waals surface area contributed by atoms with Gasteiger partial charge in [-0.3, -0.25) is 0 Å². The summed E-state index contributed by atoms with van der Waals surface area (Å²) in [7, 11) is 1.48. The second-order valence-electron chi connectivity index (χ2n) is 2.88. The molecule has 0 aliphatic rings. The average molecular weight is 177 g/mol. The topological polar surface area (TPSA) is 53.2 Å². The molecule has 0 saturated heterocycles. The Hall–Kier alpha value is -1.69. The van der Waals surface area contributed by atoms with Crippen LogP contribution < -0.4 is 4.74 Å². The number of nitrogens with zero attached hydrogens (tertiary/aromatic N) is 1. The lowest BCUT2D eigenvalue weighted by molar-refractivity contribution is 0.402. The highest BCUT2D eigenvalue weighted by atomic mass is 16.5. The van der Waals surface area contributed by atoms with Crippen LogP contribution in [0.15, 0.2) is 6.07 Å². The first-order chi connectivity index (χ1) is 6.11. The van der Waals surface area contributed by atoms with E-state index in [0.29, 0.717) is 11.3 Å². The first-order valence-corrected chi connectivity index (χ1v) is 3.89. The van der Waals surface area contributed by atoms with Crippen molar-refractivity contribution < 1.29 is 9.84 Å². The van der Waals surface area contributed by atoms with Crippen molar-refractivity contribution in [3.63, 3.8) is 0 Å². The summed E-state index contributed by atoms with van der Waals surface area (Å²) in [6.07, 6.45) is 0. The second kappa shape index (κ2) is 3.36. The normalized spacial score (nSPS) is 9.38. The van der Waals surface area contributed by atoms with Crippen molar-refractivity contribution in [3.8, 4) is 17.6 Å². The predicted octanol–water partition coefficient (Wildman–Crippen LogP) is 1.89. The maximum atomic E-state index is 9.53. The molecular formula is C10H11NO2. The van der Waals surface area contributed by atoms with E-state index in [4.69, 9.17) is 10.00 Å². The molecule has 68 valence electrons. The summed E-state index contributed by atoms with van der Waals surface area (Å²) in [6.45, 7) is 3.59. The number of phenols is 1. The van der Waals surface area contributed by atoms with Crippen molar-refractivity contribution in [3.05, 3.63) is 22.8 Å². The van der Waals surface area contributed by atoms with Gasteiger partial charge in [-0.2, -0.15) is 5.26 Å². The summed E-state index contributed by atoms with van der Waals surface area (Å²) in [5, 5.41) is 18.3. The Bertz CT molecular complexity index is 377. The van der Waals surface area contributed by atoms with E-state index in [9.17, 15) is 5.11 Å². The Labute approximate surface area is 77.2 Å². The molecule has 0 fully saturated rings. The van der Waals surface area contributed by atoms with Crippen LogP contribution in [-0.2, 0) is 0 Å². The lowest BCUT2D eigenvalue weighted by Gasteiger charge is -2.09. The number of methoxy groups -OCH3 is 1. The number of phenolic OH excluding ortho intramolecular Hbond substituents is 1. The standard InChI is InChI=1S/C10H11NO2/c1-6-4-7(2)10(13-3)8(5-11)9(6)12/h4,12H,1-3H3. The summed E-state index contributed by atoms with van der Waals surface area (Å²) in [4.78, 5) is 0. The molecule has 0 spiro atoms. The Morgan fingerprint density at radius 3 is 2.46 bits per heavy atom. The van der Waals surface area contributed by atoms with Gasteiger partial charge in [-0.25, -0.2) is 0 Å². The first kappa shape index (κ1) is 9.40. The predicted molar refractivity (Wildman–Crippen MR) is 48.8 cm³/mol. The fourth-order valence-electron chi connectivity index (χ4n) is 1.33. The monoisotopic (exact) mass is 177 g/mol. The van der Waals surface area contributed by atoms with Crippen LogP contribution in [0.4, 0.5) is 0 Å². The lowest BCUT2D eigenvalue weighted by atomic mass is 10.0. The molecule has 0 aliphatic carbocycles. The van der Waals surface area contributed by atoms with Gasteiger partial charge in [0, 0.05) is 0 Å². The maximum Gasteiger partial charge on any atom is 0.143 e. The van der Waals surface area contributed by atoms with Crippen molar-refractivity contribution in [2.24, 2.45) is 0 Å². The molecule has 1 N–H and O–H groups in total. The van der Waals surface area contributed by atoms with Gasteiger partial charge < -0.3 is 9.84 Å². The minimum Gasteiger partial charge on any atom is -0.506 e. The minimum absolute atomic E-state index is 0.00458. The number of aryl methyl sites for hydroxylation is 2. The number of aromatic hydroxyl groups is 1. The highest BCUT2D eigenvalue weighted by Gasteiger charge is 2.13. The minimum atomic E-state index is 0.00458. The summed E-state index contributed by atoms with van der Waals surface area (Å²) in [6, 6.07) is 3.71. The number of benzene rings is 1. The van der Waals surface area contributed by atoms with Gasteiger partial charge in [0.2, 0.25) is 0 Å². The van der Waals surface area contributed by atoms with Gasteiger partial charge in [-0.05, 0) is 31.0 Å². The molecule has 0 heterocycles.